The molecule has 2 aromatic rings. The van der Waals surface area contributed by atoms with Crippen LogP contribution < -0.4 is 5.32 Å². The highest BCUT2D eigenvalue weighted by Gasteiger charge is 2.17. The minimum absolute atomic E-state index is 0.0770. The zero-order valence-electron chi connectivity index (χ0n) is 13.9. The number of likely N-dealkylation sites (N-methyl/N-ethyl adjacent to an activating group) is 1. The fraction of sp³-hybridized carbons (Fsp3) is 0.278. The van der Waals surface area contributed by atoms with Crippen LogP contribution in [0.5, 0.6) is 0 Å². The predicted molar refractivity (Wildman–Crippen MR) is 95.1 cm³/mol. The van der Waals surface area contributed by atoms with Crippen molar-refractivity contribution in [1.29, 1.82) is 0 Å². The van der Waals surface area contributed by atoms with Gasteiger partial charge in [-0.25, -0.2) is 4.98 Å². The molecule has 0 unspecified atom stereocenters. The highest BCUT2D eigenvalue weighted by atomic mass is 32.2. The molecule has 1 aromatic carbocycles. The average Bonchev–Trinajstić information content (AvgIpc) is 2.62. The van der Waals surface area contributed by atoms with Gasteiger partial charge in [0.2, 0.25) is 5.91 Å². The maximum atomic E-state index is 12.6. The van der Waals surface area contributed by atoms with E-state index in [1.165, 1.54) is 0 Å². The quantitative estimate of drug-likeness (QED) is 0.840. The van der Waals surface area contributed by atoms with E-state index in [0.717, 1.165) is 16.3 Å². The Morgan fingerprint density at radius 2 is 1.92 bits per heavy atom. The summed E-state index contributed by atoms with van der Waals surface area (Å²) in [6, 6.07) is 13.1. The zero-order valence-corrected chi connectivity index (χ0v) is 14.7. The van der Waals surface area contributed by atoms with Gasteiger partial charge in [-0.15, -0.1) is 0 Å². The van der Waals surface area contributed by atoms with Gasteiger partial charge in [0, 0.05) is 30.2 Å². The lowest BCUT2D eigenvalue weighted by molar-refractivity contribution is -0.121. The summed E-state index contributed by atoms with van der Waals surface area (Å²) in [7, 11) is 1.57. The minimum atomic E-state index is -0.167. The highest BCUT2D eigenvalue weighted by Crippen LogP contribution is 2.25. The van der Waals surface area contributed by atoms with E-state index in [4.69, 9.17) is 0 Å². The van der Waals surface area contributed by atoms with E-state index in [1.807, 2.05) is 37.3 Å². The van der Waals surface area contributed by atoms with Gasteiger partial charge in [0.05, 0.1) is 6.54 Å². The Bertz CT molecular complexity index is 674. The predicted octanol–water partition coefficient (Wildman–Crippen LogP) is 2.83. The van der Waals surface area contributed by atoms with E-state index in [2.05, 4.69) is 10.3 Å². The van der Waals surface area contributed by atoms with E-state index in [1.54, 1.807) is 42.0 Å². The number of nitrogens with zero attached hydrogens (tertiary/aromatic N) is 2. The Morgan fingerprint density at radius 3 is 2.50 bits per heavy atom. The molecular weight excluding hydrogens is 322 g/mol. The normalized spacial score (nSPS) is 10.2. The molecule has 0 bridgehead atoms. The first-order chi connectivity index (χ1) is 11.6. The van der Waals surface area contributed by atoms with Crippen molar-refractivity contribution in [2.75, 3.05) is 20.1 Å². The number of rotatable bonds is 7. The summed E-state index contributed by atoms with van der Waals surface area (Å²) in [6.45, 7) is 2.61. The number of hydrogen-bond acceptors (Lipinski definition) is 4. The van der Waals surface area contributed by atoms with Crippen molar-refractivity contribution in [3.8, 4) is 0 Å². The van der Waals surface area contributed by atoms with Gasteiger partial charge in [-0.05, 0) is 42.8 Å². The van der Waals surface area contributed by atoms with Crippen LogP contribution in [-0.4, -0.2) is 41.8 Å². The first-order valence-electron chi connectivity index (χ1n) is 7.83. The number of carbonyl (C=O) groups is 2. The molecule has 0 fully saturated rings. The maximum absolute atomic E-state index is 12.6. The van der Waals surface area contributed by atoms with Crippen LogP contribution in [0.3, 0.4) is 0 Å². The Hall–Kier alpha value is -2.34. The molecule has 0 saturated carbocycles. The van der Waals surface area contributed by atoms with Gasteiger partial charge >= 0.3 is 0 Å². The second-order valence-corrected chi connectivity index (χ2v) is 6.29. The molecule has 1 N–H and O–H groups in total. The SMILES string of the molecule is CCCN(CC(=O)NC)C(=O)c1ccc(Sc2ccccn2)cc1. The topological polar surface area (TPSA) is 62.3 Å². The van der Waals surface area contributed by atoms with Crippen molar-refractivity contribution in [2.45, 2.75) is 23.3 Å². The lowest BCUT2D eigenvalue weighted by Gasteiger charge is -2.21. The Kier molecular flexibility index (Phi) is 6.81. The molecule has 24 heavy (non-hydrogen) atoms. The Morgan fingerprint density at radius 1 is 1.17 bits per heavy atom. The standard InChI is InChI=1S/C18H21N3O2S/c1-3-12-21(13-16(22)19-2)18(23)14-7-9-15(10-8-14)24-17-6-4-5-11-20-17/h4-11H,3,12-13H2,1-2H3,(H,19,22). The second-order valence-electron chi connectivity index (χ2n) is 5.19. The summed E-state index contributed by atoms with van der Waals surface area (Å²) in [5.74, 6) is -0.297. The van der Waals surface area contributed by atoms with Crippen molar-refractivity contribution >= 4 is 23.6 Å². The van der Waals surface area contributed by atoms with Crippen LogP contribution >= 0.6 is 11.8 Å². The van der Waals surface area contributed by atoms with Crippen LogP contribution in [0, 0.1) is 0 Å². The number of benzene rings is 1. The molecule has 0 spiro atoms. The van der Waals surface area contributed by atoms with Gasteiger partial charge in [-0.2, -0.15) is 0 Å². The number of amides is 2. The van der Waals surface area contributed by atoms with E-state index in [0.29, 0.717) is 12.1 Å². The number of aromatic nitrogens is 1. The van der Waals surface area contributed by atoms with Crippen LogP contribution in [0.2, 0.25) is 0 Å². The van der Waals surface area contributed by atoms with E-state index in [-0.39, 0.29) is 18.4 Å². The van der Waals surface area contributed by atoms with Crippen LogP contribution in [0.15, 0.2) is 58.6 Å². The van der Waals surface area contributed by atoms with Gasteiger partial charge in [0.15, 0.2) is 0 Å². The molecular formula is C18H21N3O2S. The average molecular weight is 343 g/mol. The molecule has 0 aliphatic carbocycles. The summed E-state index contributed by atoms with van der Waals surface area (Å²) >= 11 is 1.54. The number of pyridine rings is 1. The number of carbonyl (C=O) groups excluding carboxylic acids is 2. The third kappa shape index (κ3) is 5.09. The maximum Gasteiger partial charge on any atom is 0.254 e. The Balaban J connectivity index is 2.07. The fourth-order valence-electron chi connectivity index (χ4n) is 2.15. The monoisotopic (exact) mass is 343 g/mol. The molecule has 2 amide bonds. The Labute approximate surface area is 146 Å². The molecule has 0 aliphatic rings. The fourth-order valence-corrected chi connectivity index (χ4v) is 2.92. The van der Waals surface area contributed by atoms with Gasteiger partial charge in [-0.1, -0.05) is 24.8 Å². The summed E-state index contributed by atoms with van der Waals surface area (Å²) in [5, 5.41) is 3.46. The van der Waals surface area contributed by atoms with Gasteiger partial charge in [0.1, 0.15) is 5.03 Å². The van der Waals surface area contributed by atoms with E-state index in [9.17, 15) is 9.59 Å². The highest BCUT2D eigenvalue weighted by molar-refractivity contribution is 7.99. The minimum Gasteiger partial charge on any atom is -0.358 e. The van der Waals surface area contributed by atoms with Crippen LogP contribution in [0.4, 0.5) is 0 Å². The van der Waals surface area contributed by atoms with Crippen molar-refractivity contribution in [2.24, 2.45) is 0 Å². The number of hydrogen-bond donors (Lipinski definition) is 1. The van der Waals surface area contributed by atoms with Gasteiger partial charge in [-0.3, -0.25) is 9.59 Å². The largest absolute Gasteiger partial charge is 0.358 e. The van der Waals surface area contributed by atoms with Crippen LogP contribution in [0.25, 0.3) is 0 Å². The molecule has 6 heteroatoms. The molecule has 1 heterocycles. The molecule has 0 saturated heterocycles. The first kappa shape index (κ1) is 18.0. The first-order valence-corrected chi connectivity index (χ1v) is 8.64. The van der Waals surface area contributed by atoms with Crippen LogP contribution in [0.1, 0.15) is 23.7 Å². The summed E-state index contributed by atoms with van der Waals surface area (Å²) < 4.78 is 0. The van der Waals surface area contributed by atoms with Gasteiger partial charge in [0.25, 0.3) is 5.91 Å². The van der Waals surface area contributed by atoms with Crippen molar-refractivity contribution in [1.82, 2.24) is 15.2 Å². The van der Waals surface area contributed by atoms with Crippen LogP contribution in [-0.2, 0) is 4.79 Å². The summed E-state index contributed by atoms with van der Waals surface area (Å²) in [4.78, 5) is 31.0. The smallest absolute Gasteiger partial charge is 0.254 e. The molecule has 1 aromatic heterocycles. The van der Waals surface area contributed by atoms with E-state index < -0.39 is 0 Å². The van der Waals surface area contributed by atoms with Crippen molar-refractivity contribution in [3.63, 3.8) is 0 Å². The molecule has 0 radical (unpaired) electrons. The summed E-state index contributed by atoms with van der Waals surface area (Å²) in [5.41, 5.74) is 0.581. The molecule has 126 valence electrons. The zero-order chi connectivity index (χ0) is 17.4. The van der Waals surface area contributed by atoms with Crippen molar-refractivity contribution in [3.05, 3.63) is 54.2 Å². The van der Waals surface area contributed by atoms with Crippen molar-refractivity contribution < 1.29 is 9.59 Å². The molecule has 5 nitrogen and oxygen atoms in total. The third-order valence-electron chi connectivity index (χ3n) is 3.36. The van der Waals surface area contributed by atoms with Gasteiger partial charge < -0.3 is 10.2 Å². The molecule has 0 atom stereocenters. The molecule has 2 rings (SSSR count). The lowest BCUT2D eigenvalue weighted by Crippen LogP contribution is -2.40. The number of nitrogens with one attached hydrogen (secondary N) is 1. The molecule has 0 aliphatic heterocycles. The second kappa shape index (κ2) is 9.08. The lowest BCUT2D eigenvalue weighted by atomic mass is 10.2. The van der Waals surface area contributed by atoms with E-state index >= 15 is 0 Å². The third-order valence-corrected chi connectivity index (χ3v) is 4.31. The summed E-state index contributed by atoms with van der Waals surface area (Å²) in [6.07, 6.45) is 2.55.